The van der Waals surface area contributed by atoms with Gasteiger partial charge in [0, 0.05) is 6.20 Å². The van der Waals surface area contributed by atoms with Crippen LogP contribution in [-0.4, -0.2) is 16.3 Å². The van der Waals surface area contributed by atoms with Gasteiger partial charge in [-0.2, -0.15) is 0 Å². The van der Waals surface area contributed by atoms with Crippen LogP contribution in [0.1, 0.15) is 0 Å². The normalized spacial score (nSPS) is 11.4. The van der Waals surface area contributed by atoms with E-state index in [0.29, 0.717) is 4.47 Å². The first-order valence-electron chi connectivity index (χ1n) is 4.90. The van der Waals surface area contributed by atoms with E-state index in [-0.39, 0.29) is 22.3 Å². The van der Waals surface area contributed by atoms with Crippen molar-refractivity contribution in [2.45, 2.75) is 6.36 Å². The van der Waals surface area contributed by atoms with Gasteiger partial charge in [-0.25, -0.2) is 9.97 Å². The molecule has 0 fully saturated rings. The Bertz CT molecular complexity index is 607. The number of hydrogen-bond acceptors (Lipinski definition) is 3. The molecule has 0 amide bonds. The Balaban J connectivity index is 2.47. The maximum Gasteiger partial charge on any atom is 0.573 e. The fourth-order valence-corrected chi connectivity index (χ4v) is 1.66. The van der Waals surface area contributed by atoms with Gasteiger partial charge in [0.1, 0.15) is 10.9 Å². The molecule has 0 aliphatic rings. The van der Waals surface area contributed by atoms with E-state index in [1.165, 1.54) is 24.4 Å². The van der Waals surface area contributed by atoms with Gasteiger partial charge in [-0.05, 0) is 28.1 Å². The van der Waals surface area contributed by atoms with Crippen molar-refractivity contribution < 1.29 is 17.9 Å². The Hall–Kier alpha value is -1.34. The summed E-state index contributed by atoms with van der Waals surface area (Å²) in [6.07, 6.45) is -3.43. The van der Waals surface area contributed by atoms with Gasteiger partial charge in [0.25, 0.3) is 0 Å². The molecule has 2 aromatic rings. The molecule has 0 radical (unpaired) electrons. The van der Waals surface area contributed by atoms with E-state index in [4.69, 9.17) is 11.6 Å². The third kappa shape index (κ3) is 3.57. The molecule has 8 heteroatoms. The van der Waals surface area contributed by atoms with Crippen molar-refractivity contribution in [3.63, 3.8) is 0 Å². The Morgan fingerprint density at radius 1 is 1.21 bits per heavy atom. The predicted octanol–water partition coefficient (Wildman–Crippen LogP) is 4.46. The number of nitrogens with zero attached hydrogens (tertiary/aromatic N) is 2. The first-order valence-corrected chi connectivity index (χ1v) is 6.07. The van der Waals surface area contributed by atoms with E-state index in [2.05, 4.69) is 30.6 Å². The fourth-order valence-electron chi connectivity index (χ4n) is 1.34. The minimum absolute atomic E-state index is 0.0491. The molecule has 0 unspecified atom stereocenters. The molecular weight excluding hydrogens is 348 g/mol. The molecule has 0 spiro atoms. The van der Waals surface area contributed by atoms with Crippen LogP contribution in [0.5, 0.6) is 5.75 Å². The zero-order valence-corrected chi connectivity index (χ0v) is 11.4. The maximum absolute atomic E-state index is 12.3. The molecule has 0 bridgehead atoms. The second kappa shape index (κ2) is 5.34. The summed E-state index contributed by atoms with van der Waals surface area (Å²) in [7, 11) is 0. The lowest BCUT2D eigenvalue weighted by molar-refractivity contribution is -0.274. The van der Waals surface area contributed by atoms with Gasteiger partial charge < -0.3 is 4.74 Å². The average Bonchev–Trinajstić information content (AvgIpc) is 2.31. The molecule has 2 rings (SSSR count). The number of halogens is 5. The van der Waals surface area contributed by atoms with E-state index < -0.39 is 6.36 Å². The molecular formula is C11H5BrClF3N2O. The predicted molar refractivity (Wildman–Crippen MR) is 66.9 cm³/mol. The molecule has 0 aliphatic heterocycles. The van der Waals surface area contributed by atoms with Crippen LogP contribution in [0, 0.1) is 0 Å². The largest absolute Gasteiger partial charge is 0.573 e. The summed E-state index contributed by atoms with van der Waals surface area (Å²) in [5.41, 5.74) is 0.106. The first kappa shape index (κ1) is 14.1. The van der Waals surface area contributed by atoms with Gasteiger partial charge in [-0.3, -0.25) is 0 Å². The first-order chi connectivity index (χ1) is 8.87. The van der Waals surface area contributed by atoms with Gasteiger partial charge in [-0.1, -0.05) is 23.7 Å². The number of aromatic nitrogens is 2. The lowest BCUT2D eigenvalue weighted by Gasteiger charge is -2.12. The van der Waals surface area contributed by atoms with Crippen molar-refractivity contribution in [3.05, 3.63) is 40.1 Å². The Kier molecular flexibility index (Phi) is 3.96. The molecule has 1 heterocycles. The van der Waals surface area contributed by atoms with Crippen molar-refractivity contribution in [1.82, 2.24) is 9.97 Å². The topological polar surface area (TPSA) is 35.0 Å². The molecule has 100 valence electrons. The number of para-hydroxylation sites is 1. The highest BCUT2D eigenvalue weighted by atomic mass is 79.9. The monoisotopic (exact) mass is 352 g/mol. The van der Waals surface area contributed by atoms with E-state index in [1.54, 1.807) is 6.07 Å². The van der Waals surface area contributed by atoms with Crippen LogP contribution in [0.3, 0.4) is 0 Å². The third-order valence-electron chi connectivity index (χ3n) is 2.05. The minimum Gasteiger partial charge on any atom is -0.405 e. The van der Waals surface area contributed by atoms with E-state index in [9.17, 15) is 13.2 Å². The molecule has 19 heavy (non-hydrogen) atoms. The van der Waals surface area contributed by atoms with Crippen LogP contribution in [0.2, 0.25) is 5.15 Å². The van der Waals surface area contributed by atoms with Gasteiger partial charge in [0.15, 0.2) is 5.82 Å². The molecule has 0 atom stereocenters. The number of rotatable bonds is 2. The van der Waals surface area contributed by atoms with Crippen LogP contribution >= 0.6 is 27.5 Å². The quantitative estimate of drug-likeness (QED) is 0.748. The molecule has 1 aromatic heterocycles. The summed E-state index contributed by atoms with van der Waals surface area (Å²) in [5, 5.41) is 0.104. The lowest BCUT2D eigenvalue weighted by atomic mass is 10.2. The minimum atomic E-state index is -4.78. The highest BCUT2D eigenvalue weighted by molar-refractivity contribution is 9.10. The fraction of sp³-hybridized carbons (Fsp3) is 0.0909. The van der Waals surface area contributed by atoms with Crippen molar-refractivity contribution in [3.8, 4) is 17.1 Å². The summed E-state index contributed by atoms with van der Waals surface area (Å²) < 4.78 is 41.2. The molecule has 1 aromatic carbocycles. The number of alkyl halides is 3. The summed E-state index contributed by atoms with van der Waals surface area (Å²) in [5.74, 6) is -0.332. The average molecular weight is 354 g/mol. The van der Waals surface area contributed by atoms with Crippen molar-refractivity contribution in [2.24, 2.45) is 0 Å². The molecule has 0 saturated carbocycles. The SMILES string of the molecule is FC(F)(F)Oc1ccccc1-c1ncc(Br)c(Cl)n1. The Morgan fingerprint density at radius 2 is 1.89 bits per heavy atom. The highest BCUT2D eigenvalue weighted by Crippen LogP contribution is 2.33. The summed E-state index contributed by atoms with van der Waals surface area (Å²) in [6.45, 7) is 0. The van der Waals surface area contributed by atoms with Crippen LogP contribution < -0.4 is 4.74 Å². The smallest absolute Gasteiger partial charge is 0.405 e. The zero-order valence-electron chi connectivity index (χ0n) is 9.08. The number of ether oxygens (including phenoxy) is 1. The summed E-state index contributed by atoms with van der Waals surface area (Å²) in [4.78, 5) is 7.80. The summed E-state index contributed by atoms with van der Waals surface area (Å²) >= 11 is 8.89. The van der Waals surface area contributed by atoms with Crippen molar-refractivity contribution in [2.75, 3.05) is 0 Å². The van der Waals surface area contributed by atoms with Crippen LogP contribution in [-0.2, 0) is 0 Å². The van der Waals surface area contributed by atoms with Crippen LogP contribution in [0.4, 0.5) is 13.2 Å². The van der Waals surface area contributed by atoms with Crippen LogP contribution in [0.25, 0.3) is 11.4 Å². The van der Waals surface area contributed by atoms with Crippen molar-refractivity contribution >= 4 is 27.5 Å². The number of hydrogen-bond donors (Lipinski definition) is 0. The number of benzene rings is 1. The standard InChI is InChI=1S/C11H5BrClF3N2O/c12-7-5-17-10(18-9(7)13)6-3-1-2-4-8(6)19-11(14,15)16/h1-5H. The maximum atomic E-state index is 12.3. The molecule has 3 nitrogen and oxygen atoms in total. The molecule has 0 saturated heterocycles. The van der Waals surface area contributed by atoms with Crippen LogP contribution in [0.15, 0.2) is 34.9 Å². The second-order valence-electron chi connectivity index (χ2n) is 3.38. The van der Waals surface area contributed by atoms with Gasteiger partial charge in [0.2, 0.25) is 0 Å². The van der Waals surface area contributed by atoms with E-state index >= 15 is 0 Å². The van der Waals surface area contributed by atoms with E-state index in [0.717, 1.165) is 0 Å². The summed E-state index contributed by atoms with van der Waals surface area (Å²) in [6, 6.07) is 5.58. The highest BCUT2D eigenvalue weighted by Gasteiger charge is 2.32. The second-order valence-corrected chi connectivity index (χ2v) is 4.59. The Morgan fingerprint density at radius 3 is 2.53 bits per heavy atom. The van der Waals surface area contributed by atoms with Gasteiger partial charge in [-0.15, -0.1) is 13.2 Å². The lowest BCUT2D eigenvalue weighted by Crippen LogP contribution is -2.17. The van der Waals surface area contributed by atoms with Gasteiger partial charge in [0.05, 0.1) is 10.0 Å². The molecule has 0 aliphatic carbocycles. The van der Waals surface area contributed by atoms with Gasteiger partial charge >= 0.3 is 6.36 Å². The third-order valence-corrected chi connectivity index (χ3v) is 3.15. The zero-order chi connectivity index (χ0) is 14.0. The van der Waals surface area contributed by atoms with E-state index in [1.807, 2.05) is 0 Å². The van der Waals surface area contributed by atoms with Crippen molar-refractivity contribution in [1.29, 1.82) is 0 Å². The molecule has 0 N–H and O–H groups in total. The Labute approximate surface area is 119 Å².